The first kappa shape index (κ1) is 12.6. The number of hydrogen-bond donors (Lipinski definition) is 1. The van der Waals surface area contributed by atoms with Gasteiger partial charge in [0.05, 0.1) is 6.10 Å². The third-order valence-corrected chi connectivity index (χ3v) is 3.70. The minimum atomic E-state index is -0.339. The predicted octanol–water partition coefficient (Wildman–Crippen LogP) is 2.74. The molecule has 2 rings (SSSR count). The molecule has 1 fully saturated rings. The third kappa shape index (κ3) is 2.88. The molecule has 1 aliphatic heterocycles. The van der Waals surface area contributed by atoms with Gasteiger partial charge in [-0.25, -0.2) is 0 Å². The highest BCUT2D eigenvalue weighted by atomic mass is 16.3. The summed E-state index contributed by atoms with van der Waals surface area (Å²) in [7, 11) is 0. The number of aryl methyl sites for hydroxylation is 3. The lowest BCUT2D eigenvalue weighted by Crippen LogP contribution is -2.26. The van der Waals surface area contributed by atoms with Crippen molar-refractivity contribution in [1.82, 2.24) is 4.90 Å². The maximum atomic E-state index is 10.4. The fraction of sp³-hybridized carbons (Fsp3) is 0.600. The molecule has 0 saturated carbocycles. The molecule has 1 aromatic carbocycles. The monoisotopic (exact) mass is 233 g/mol. The van der Waals surface area contributed by atoms with Gasteiger partial charge in [-0.3, -0.25) is 0 Å². The van der Waals surface area contributed by atoms with Crippen LogP contribution in [0.4, 0.5) is 0 Å². The van der Waals surface area contributed by atoms with Crippen LogP contribution >= 0.6 is 0 Å². The van der Waals surface area contributed by atoms with E-state index in [0.29, 0.717) is 0 Å². The molecule has 0 bridgehead atoms. The molecule has 1 saturated heterocycles. The van der Waals surface area contributed by atoms with Crippen molar-refractivity contribution in [1.29, 1.82) is 0 Å². The van der Waals surface area contributed by atoms with E-state index < -0.39 is 0 Å². The van der Waals surface area contributed by atoms with E-state index in [1.165, 1.54) is 29.5 Å². The van der Waals surface area contributed by atoms with E-state index in [0.717, 1.165) is 25.2 Å². The first-order chi connectivity index (χ1) is 8.08. The van der Waals surface area contributed by atoms with Gasteiger partial charge >= 0.3 is 0 Å². The first-order valence-electron chi connectivity index (χ1n) is 6.56. The van der Waals surface area contributed by atoms with Gasteiger partial charge in [0.2, 0.25) is 0 Å². The number of aliphatic hydroxyl groups excluding tert-OH is 1. The van der Waals surface area contributed by atoms with Crippen LogP contribution in [0.2, 0.25) is 0 Å². The Kier molecular flexibility index (Phi) is 3.85. The fourth-order valence-electron chi connectivity index (χ4n) is 3.02. The minimum absolute atomic E-state index is 0.339. The Morgan fingerprint density at radius 2 is 1.65 bits per heavy atom. The standard InChI is InChI=1S/C15H23NO/c1-11-8-12(2)15(13(3)9-11)14(17)10-16-6-4-5-7-16/h8-9,14,17H,4-7,10H2,1-3H3. The number of hydrogen-bond acceptors (Lipinski definition) is 2. The van der Waals surface area contributed by atoms with E-state index in [1.807, 2.05) is 0 Å². The second-order valence-electron chi connectivity index (χ2n) is 5.34. The Labute approximate surface area is 104 Å². The van der Waals surface area contributed by atoms with Crippen LogP contribution in [0, 0.1) is 20.8 Å². The minimum Gasteiger partial charge on any atom is -0.387 e. The summed E-state index contributed by atoms with van der Waals surface area (Å²) in [5.41, 5.74) is 4.84. The van der Waals surface area contributed by atoms with E-state index in [1.54, 1.807) is 0 Å². The fourth-order valence-corrected chi connectivity index (χ4v) is 3.02. The lowest BCUT2D eigenvalue weighted by atomic mass is 9.95. The zero-order valence-corrected chi connectivity index (χ0v) is 11.2. The van der Waals surface area contributed by atoms with Gasteiger partial charge < -0.3 is 10.0 Å². The van der Waals surface area contributed by atoms with E-state index >= 15 is 0 Å². The third-order valence-electron chi connectivity index (χ3n) is 3.70. The number of β-amino-alcohol motifs (C(OH)–C–C–N with tert-alkyl or cyclic N) is 1. The van der Waals surface area contributed by atoms with Gasteiger partial charge in [-0.15, -0.1) is 0 Å². The summed E-state index contributed by atoms with van der Waals surface area (Å²) in [6.45, 7) is 9.37. The topological polar surface area (TPSA) is 23.5 Å². The largest absolute Gasteiger partial charge is 0.387 e. The van der Waals surface area contributed by atoms with Crippen molar-refractivity contribution in [3.63, 3.8) is 0 Å². The molecule has 2 heteroatoms. The molecule has 1 aliphatic rings. The molecule has 1 heterocycles. The van der Waals surface area contributed by atoms with E-state index in [-0.39, 0.29) is 6.10 Å². The van der Waals surface area contributed by atoms with Crippen molar-refractivity contribution in [2.45, 2.75) is 39.7 Å². The van der Waals surface area contributed by atoms with Gasteiger partial charge in [0, 0.05) is 6.54 Å². The molecule has 1 unspecified atom stereocenters. The molecule has 1 atom stereocenters. The molecule has 2 nitrogen and oxygen atoms in total. The van der Waals surface area contributed by atoms with Crippen LogP contribution in [0.1, 0.15) is 41.2 Å². The summed E-state index contributed by atoms with van der Waals surface area (Å²) >= 11 is 0. The van der Waals surface area contributed by atoms with E-state index in [4.69, 9.17) is 0 Å². The number of rotatable bonds is 3. The van der Waals surface area contributed by atoms with Gasteiger partial charge in [0.25, 0.3) is 0 Å². The van der Waals surface area contributed by atoms with Crippen molar-refractivity contribution in [2.24, 2.45) is 0 Å². The number of likely N-dealkylation sites (tertiary alicyclic amines) is 1. The molecule has 94 valence electrons. The molecule has 1 aromatic rings. The maximum Gasteiger partial charge on any atom is 0.0922 e. The Morgan fingerprint density at radius 3 is 2.18 bits per heavy atom. The highest BCUT2D eigenvalue weighted by Crippen LogP contribution is 2.25. The van der Waals surface area contributed by atoms with Crippen molar-refractivity contribution < 1.29 is 5.11 Å². The average molecular weight is 233 g/mol. The zero-order chi connectivity index (χ0) is 12.4. The Balaban J connectivity index is 2.15. The second-order valence-corrected chi connectivity index (χ2v) is 5.34. The highest BCUT2D eigenvalue weighted by molar-refractivity contribution is 5.39. The summed E-state index contributed by atoms with van der Waals surface area (Å²) in [4.78, 5) is 2.36. The Bertz CT molecular complexity index is 371. The first-order valence-corrected chi connectivity index (χ1v) is 6.56. The summed E-state index contributed by atoms with van der Waals surface area (Å²) in [6, 6.07) is 4.32. The maximum absolute atomic E-state index is 10.4. The lowest BCUT2D eigenvalue weighted by Gasteiger charge is -2.22. The van der Waals surface area contributed by atoms with Gasteiger partial charge in [-0.2, -0.15) is 0 Å². The summed E-state index contributed by atoms with van der Waals surface area (Å²) in [6.07, 6.45) is 2.21. The second kappa shape index (κ2) is 5.19. The van der Waals surface area contributed by atoms with Crippen molar-refractivity contribution in [3.8, 4) is 0 Å². The molecule has 1 N–H and O–H groups in total. The van der Waals surface area contributed by atoms with Gasteiger partial charge in [0.15, 0.2) is 0 Å². The van der Waals surface area contributed by atoms with Crippen molar-refractivity contribution in [2.75, 3.05) is 19.6 Å². The van der Waals surface area contributed by atoms with Crippen LogP contribution in [0.3, 0.4) is 0 Å². The van der Waals surface area contributed by atoms with Crippen LogP contribution in [-0.2, 0) is 0 Å². The predicted molar refractivity (Wildman–Crippen MR) is 71.3 cm³/mol. The number of aliphatic hydroxyl groups is 1. The molecule has 0 aliphatic carbocycles. The van der Waals surface area contributed by atoms with Gasteiger partial charge in [0.1, 0.15) is 0 Å². The molecule has 17 heavy (non-hydrogen) atoms. The smallest absolute Gasteiger partial charge is 0.0922 e. The van der Waals surface area contributed by atoms with Crippen LogP contribution < -0.4 is 0 Å². The van der Waals surface area contributed by atoms with Crippen LogP contribution in [0.5, 0.6) is 0 Å². The van der Waals surface area contributed by atoms with Gasteiger partial charge in [-0.05, 0) is 63.4 Å². The van der Waals surface area contributed by atoms with Crippen LogP contribution in [0.15, 0.2) is 12.1 Å². The van der Waals surface area contributed by atoms with Crippen molar-refractivity contribution >= 4 is 0 Å². The zero-order valence-electron chi connectivity index (χ0n) is 11.2. The lowest BCUT2D eigenvalue weighted by molar-refractivity contribution is 0.125. The number of nitrogens with zero attached hydrogens (tertiary/aromatic N) is 1. The summed E-state index contributed by atoms with van der Waals surface area (Å²) < 4.78 is 0. The number of benzene rings is 1. The quantitative estimate of drug-likeness (QED) is 0.867. The normalized spacial score (nSPS) is 18.6. The molecular formula is C15H23NO. The molecule has 0 spiro atoms. The Morgan fingerprint density at radius 1 is 1.12 bits per heavy atom. The molecule has 0 radical (unpaired) electrons. The van der Waals surface area contributed by atoms with Gasteiger partial charge in [-0.1, -0.05) is 17.7 Å². The molecular weight excluding hydrogens is 210 g/mol. The molecule has 0 aromatic heterocycles. The van der Waals surface area contributed by atoms with Crippen molar-refractivity contribution in [3.05, 3.63) is 34.4 Å². The molecule has 0 amide bonds. The van der Waals surface area contributed by atoms with Crippen LogP contribution in [0.25, 0.3) is 0 Å². The van der Waals surface area contributed by atoms with E-state index in [9.17, 15) is 5.11 Å². The Hall–Kier alpha value is -0.860. The van der Waals surface area contributed by atoms with Crippen LogP contribution in [-0.4, -0.2) is 29.6 Å². The SMILES string of the molecule is Cc1cc(C)c(C(O)CN2CCCC2)c(C)c1. The van der Waals surface area contributed by atoms with E-state index in [2.05, 4.69) is 37.8 Å². The summed E-state index contributed by atoms with van der Waals surface area (Å²) in [5.74, 6) is 0. The average Bonchev–Trinajstić information content (AvgIpc) is 2.68. The highest BCUT2D eigenvalue weighted by Gasteiger charge is 2.19. The summed E-state index contributed by atoms with van der Waals surface area (Å²) in [5, 5.41) is 10.4.